The molecule has 0 spiro atoms. The Morgan fingerprint density at radius 3 is 1.50 bits per heavy atom. The molecule has 3 nitrogen and oxygen atoms in total. The van der Waals surface area contributed by atoms with Crippen LogP contribution in [0, 0.1) is 0 Å². The van der Waals surface area contributed by atoms with Gasteiger partial charge in [-0.1, -0.05) is 206 Å². The molecule has 0 saturated heterocycles. The van der Waals surface area contributed by atoms with Gasteiger partial charge in [-0.15, -0.1) is 0 Å². The molecule has 0 N–H and O–H groups in total. The molecule has 0 bridgehead atoms. The van der Waals surface area contributed by atoms with Crippen molar-refractivity contribution < 1.29 is 0 Å². The molecule has 0 amide bonds. The van der Waals surface area contributed by atoms with Crippen molar-refractivity contribution in [2.75, 3.05) is 0 Å². The van der Waals surface area contributed by atoms with E-state index in [1.807, 2.05) is 0 Å². The molecule has 3 heterocycles. The van der Waals surface area contributed by atoms with Gasteiger partial charge in [0.05, 0.1) is 22.3 Å². The van der Waals surface area contributed by atoms with Gasteiger partial charge in [-0.25, -0.2) is 9.97 Å². The number of hydrogen-bond acceptors (Lipinski definition) is 2. The van der Waals surface area contributed by atoms with Crippen molar-refractivity contribution in [2.24, 2.45) is 0 Å². The van der Waals surface area contributed by atoms with Crippen LogP contribution in [0.5, 0.6) is 0 Å². The third kappa shape index (κ3) is 4.83. The summed E-state index contributed by atoms with van der Waals surface area (Å²) in [5.74, 6) is 1.59. The minimum Gasteiger partial charge on any atom is -0.292 e. The Morgan fingerprint density at radius 2 is 0.857 bits per heavy atom. The summed E-state index contributed by atoms with van der Waals surface area (Å²) < 4.78 is 2.39. The van der Waals surface area contributed by atoms with Gasteiger partial charge < -0.3 is 0 Å². The second-order valence-electron chi connectivity index (χ2n) is 14.5. The fourth-order valence-electron chi connectivity index (χ4n) is 9.12. The minimum absolute atomic E-state index is 0.698. The van der Waals surface area contributed by atoms with E-state index in [1.165, 1.54) is 48.2 Å². The van der Waals surface area contributed by atoms with Gasteiger partial charge in [0.1, 0.15) is 5.82 Å². The summed E-state index contributed by atoms with van der Waals surface area (Å²) in [6, 6.07) is 77.1. The molecule has 11 rings (SSSR count). The molecule has 2 aromatic heterocycles. The largest absolute Gasteiger partial charge is 0.292 e. The summed E-state index contributed by atoms with van der Waals surface area (Å²) in [4.78, 5) is 11.1. The maximum Gasteiger partial charge on any atom is 0.179 e. The van der Waals surface area contributed by atoms with Crippen LogP contribution >= 0.6 is 0 Å². The lowest BCUT2D eigenvalue weighted by Gasteiger charge is -2.34. The second-order valence-corrected chi connectivity index (χ2v) is 18.3. The van der Waals surface area contributed by atoms with Gasteiger partial charge in [0.15, 0.2) is 13.9 Å². The zero-order valence-corrected chi connectivity index (χ0v) is 31.5. The summed E-state index contributed by atoms with van der Waals surface area (Å²) in [5, 5.41) is 7.78. The van der Waals surface area contributed by atoms with Crippen molar-refractivity contribution in [1.82, 2.24) is 14.5 Å². The lowest BCUT2D eigenvalue weighted by molar-refractivity contribution is 1.05. The Hall–Kier alpha value is -7.14. The second kappa shape index (κ2) is 13.0. The zero-order chi connectivity index (χ0) is 37.1. The van der Waals surface area contributed by atoms with Gasteiger partial charge in [0.25, 0.3) is 0 Å². The first-order valence-electron chi connectivity index (χ1n) is 19.2. The van der Waals surface area contributed by atoms with Crippen LogP contribution in [0.15, 0.2) is 212 Å². The number of fused-ring (bicyclic) bond motifs is 8. The number of para-hydroxylation sites is 2. The molecule has 0 saturated carbocycles. The lowest BCUT2D eigenvalue weighted by atomic mass is 9.92. The monoisotopic (exact) mass is 729 g/mol. The fourth-order valence-corrected chi connectivity index (χ4v) is 13.9. The Labute approximate surface area is 326 Å². The highest BCUT2D eigenvalue weighted by Gasteiger charge is 2.41. The standard InChI is InChI=1S/C52H35N3Si/c1-5-18-36(19-6-1)49-48-44-28-14-13-26-42(44)45-29-17-30-46-43-27-15-16-31-47(43)55(50(45)46)52(48)54-51(53-49)37-32-34-41(35-33-37)56(38-20-7-2-8-21-38,39-22-9-3-10-23-39)40-24-11-4-12-25-40/h1-35H. The maximum absolute atomic E-state index is 5.60. The molecule has 0 unspecified atom stereocenters. The fraction of sp³-hybridized carbons (Fsp3) is 0. The average molecular weight is 730 g/mol. The molecule has 1 aliphatic heterocycles. The predicted octanol–water partition coefficient (Wildman–Crippen LogP) is 9.93. The smallest absolute Gasteiger partial charge is 0.179 e. The van der Waals surface area contributed by atoms with Gasteiger partial charge in [0, 0.05) is 27.5 Å². The highest BCUT2D eigenvalue weighted by molar-refractivity contribution is 7.19. The van der Waals surface area contributed by atoms with E-state index in [2.05, 4.69) is 217 Å². The van der Waals surface area contributed by atoms with Crippen LogP contribution in [0.3, 0.4) is 0 Å². The zero-order valence-electron chi connectivity index (χ0n) is 30.5. The highest BCUT2D eigenvalue weighted by Crippen LogP contribution is 2.48. The van der Waals surface area contributed by atoms with Crippen molar-refractivity contribution in [3.05, 3.63) is 212 Å². The molecule has 262 valence electrons. The molecule has 8 aromatic carbocycles. The highest BCUT2D eigenvalue weighted by atomic mass is 28.3. The molecule has 56 heavy (non-hydrogen) atoms. The van der Waals surface area contributed by atoms with E-state index in [4.69, 9.17) is 9.97 Å². The molecule has 0 atom stereocenters. The third-order valence-corrected chi connectivity index (χ3v) is 16.3. The first-order chi connectivity index (χ1) is 27.8. The van der Waals surface area contributed by atoms with Gasteiger partial charge in [-0.2, -0.15) is 0 Å². The van der Waals surface area contributed by atoms with Crippen molar-refractivity contribution in [2.45, 2.75) is 0 Å². The molecule has 0 radical (unpaired) electrons. The molecule has 0 fully saturated rings. The van der Waals surface area contributed by atoms with Crippen molar-refractivity contribution in [3.63, 3.8) is 0 Å². The quantitative estimate of drug-likeness (QED) is 0.126. The van der Waals surface area contributed by atoms with E-state index in [0.717, 1.165) is 39.3 Å². The Kier molecular flexibility index (Phi) is 7.51. The maximum atomic E-state index is 5.60. The normalized spacial score (nSPS) is 11.9. The molecular formula is C52H35N3Si. The summed E-state index contributed by atoms with van der Waals surface area (Å²) in [5.41, 5.74) is 9.80. The Balaban J connectivity index is 1.20. The molecule has 1 aliphatic rings. The van der Waals surface area contributed by atoms with Crippen LogP contribution in [0.4, 0.5) is 0 Å². The molecule has 10 aromatic rings. The van der Waals surface area contributed by atoms with E-state index in [0.29, 0.717) is 5.82 Å². The van der Waals surface area contributed by atoms with E-state index in [9.17, 15) is 0 Å². The van der Waals surface area contributed by atoms with E-state index in [1.54, 1.807) is 0 Å². The van der Waals surface area contributed by atoms with Crippen LogP contribution in [0.1, 0.15) is 0 Å². The first kappa shape index (κ1) is 32.3. The van der Waals surface area contributed by atoms with E-state index >= 15 is 0 Å². The average Bonchev–Trinajstić information content (AvgIpc) is 3.56. The van der Waals surface area contributed by atoms with Crippen LogP contribution in [0.25, 0.3) is 72.5 Å². The molecule has 4 heteroatoms. The van der Waals surface area contributed by atoms with Gasteiger partial charge in [-0.3, -0.25) is 4.57 Å². The van der Waals surface area contributed by atoms with Gasteiger partial charge in [0.2, 0.25) is 0 Å². The van der Waals surface area contributed by atoms with Gasteiger partial charge in [-0.05, 0) is 37.9 Å². The van der Waals surface area contributed by atoms with E-state index in [-0.39, 0.29) is 0 Å². The number of nitrogens with zero attached hydrogens (tertiary/aromatic N) is 3. The first-order valence-corrected chi connectivity index (χ1v) is 21.2. The SMILES string of the molecule is c1ccc(-c2nc(-c3ccc([Si](c4ccccc4)(c4ccccc4)c4ccccc4)cc3)nc3c2-c2ccccc2-c2cccc4c5ccccc5n-3c24)cc1. The van der Waals surface area contributed by atoms with Crippen LogP contribution < -0.4 is 20.7 Å². The predicted molar refractivity (Wildman–Crippen MR) is 235 cm³/mol. The summed E-state index contributed by atoms with van der Waals surface area (Å²) in [7, 11) is -2.70. The Bertz CT molecular complexity index is 2950. The lowest BCUT2D eigenvalue weighted by Crippen LogP contribution is -2.74. The number of rotatable bonds is 6. The third-order valence-electron chi connectivity index (χ3n) is 11.5. The summed E-state index contributed by atoms with van der Waals surface area (Å²) in [6.45, 7) is 0. The molecular weight excluding hydrogens is 695 g/mol. The topological polar surface area (TPSA) is 30.7 Å². The summed E-state index contributed by atoms with van der Waals surface area (Å²) >= 11 is 0. The Morgan fingerprint density at radius 1 is 0.357 bits per heavy atom. The van der Waals surface area contributed by atoms with Crippen molar-refractivity contribution in [1.29, 1.82) is 0 Å². The van der Waals surface area contributed by atoms with Crippen molar-refractivity contribution in [3.8, 4) is 50.7 Å². The van der Waals surface area contributed by atoms with Crippen molar-refractivity contribution >= 4 is 50.6 Å². The van der Waals surface area contributed by atoms with E-state index < -0.39 is 8.07 Å². The number of aromatic nitrogens is 3. The van der Waals surface area contributed by atoms with Crippen LogP contribution in [-0.2, 0) is 0 Å². The van der Waals surface area contributed by atoms with Crippen LogP contribution in [0.2, 0.25) is 0 Å². The minimum atomic E-state index is -2.70. The van der Waals surface area contributed by atoms with Crippen LogP contribution in [-0.4, -0.2) is 22.6 Å². The molecule has 0 aliphatic carbocycles. The number of hydrogen-bond donors (Lipinski definition) is 0. The number of benzene rings is 8. The van der Waals surface area contributed by atoms with Gasteiger partial charge >= 0.3 is 0 Å². The summed E-state index contributed by atoms with van der Waals surface area (Å²) in [6.07, 6.45) is 0.